The Balaban J connectivity index is 2.27. The van der Waals surface area contributed by atoms with E-state index in [0.717, 1.165) is 18.3 Å². The van der Waals surface area contributed by atoms with Gasteiger partial charge in [-0.05, 0) is 22.0 Å². The highest BCUT2D eigenvalue weighted by molar-refractivity contribution is 7.89. The number of aromatic nitrogens is 1. The molecule has 2 aromatic rings. The lowest BCUT2D eigenvalue weighted by atomic mass is 10.2. The summed E-state index contributed by atoms with van der Waals surface area (Å²) in [5, 5.41) is 10.5. The Morgan fingerprint density at radius 3 is 2.48 bits per heavy atom. The summed E-state index contributed by atoms with van der Waals surface area (Å²) in [7, 11) is -3.95. The molecule has 1 heterocycles. The molecule has 0 saturated carbocycles. The highest BCUT2D eigenvalue weighted by Crippen LogP contribution is 2.27. The molecule has 25 heavy (non-hydrogen) atoms. The number of halogens is 2. The summed E-state index contributed by atoms with van der Waals surface area (Å²) in [5.41, 5.74) is -0.836. The molecule has 0 aliphatic carbocycles. The Morgan fingerprint density at radius 2 is 1.96 bits per heavy atom. The Hall–Kier alpha value is -3.15. The molecule has 0 radical (unpaired) electrons. The number of benzene rings is 1. The van der Waals surface area contributed by atoms with E-state index in [1.165, 1.54) is 4.72 Å². The molecule has 1 amide bonds. The topological polar surface area (TPSA) is 128 Å². The molecule has 9 nitrogen and oxygen atoms in total. The van der Waals surface area contributed by atoms with Gasteiger partial charge in [-0.15, -0.1) is 0 Å². The van der Waals surface area contributed by atoms with Crippen LogP contribution in [0.5, 0.6) is 11.5 Å². The van der Waals surface area contributed by atoms with E-state index in [-0.39, 0.29) is 5.75 Å². The van der Waals surface area contributed by atoms with E-state index in [0.29, 0.717) is 18.4 Å². The van der Waals surface area contributed by atoms with E-state index in [1.807, 2.05) is 0 Å². The minimum Gasteiger partial charge on any atom is -0.450 e. The Kier molecular flexibility index (Phi) is 4.92. The zero-order valence-electron chi connectivity index (χ0n) is 12.4. The third-order valence-corrected chi connectivity index (χ3v) is 3.24. The molecule has 132 valence electrons. The van der Waals surface area contributed by atoms with Crippen molar-refractivity contribution in [3.63, 3.8) is 0 Å². The van der Waals surface area contributed by atoms with Gasteiger partial charge < -0.3 is 14.9 Å². The fourth-order valence-corrected chi connectivity index (χ4v) is 2.12. The quantitative estimate of drug-likeness (QED) is 0.624. The number of nitro groups is 1. The van der Waals surface area contributed by atoms with Crippen LogP contribution in [0, 0.1) is 21.7 Å². The molecule has 2 rings (SSSR count). The number of hydrogen-bond donors (Lipinski definition) is 1. The lowest BCUT2D eigenvalue weighted by Gasteiger charge is -2.09. The molecule has 1 aromatic carbocycles. The van der Waals surface area contributed by atoms with E-state index in [9.17, 15) is 32.1 Å². The van der Waals surface area contributed by atoms with Crippen LogP contribution in [-0.4, -0.2) is 30.5 Å². The van der Waals surface area contributed by atoms with Crippen LogP contribution in [0.25, 0.3) is 0 Å². The van der Waals surface area contributed by atoms with Crippen molar-refractivity contribution in [2.45, 2.75) is 0 Å². The van der Waals surface area contributed by atoms with Crippen LogP contribution in [0.2, 0.25) is 0 Å². The lowest BCUT2D eigenvalue weighted by Crippen LogP contribution is -2.30. The van der Waals surface area contributed by atoms with Crippen molar-refractivity contribution in [1.29, 1.82) is 0 Å². The van der Waals surface area contributed by atoms with E-state index in [1.54, 1.807) is 0 Å². The largest absolute Gasteiger partial charge is 0.450 e. The molecule has 0 fully saturated rings. The summed E-state index contributed by atoms with van der Waals surface area (Å²) < 4.78 is 56.3. The molecule has 0 saturated heterocycles. The zero-order valence-corrected chi connectivity index (χ0v) is 13.2. The van der Waals surface area contributed by atoms with Crippen LogP contribution in [0.4, 0.5) is 14.6 Å². The smallest absolute Gasteiger partial charge is 0.363 e. The molecule has 1 N–H and O–H groups in total. The van der Waals surface area contributed by atoms with Gasteiger partial charge in [0.2, 0.25) is 10.0 Å². The second kappa shape index (κ2) is 6.76. The van der Waals surface area contributed by atoms with Gasteiger partial charge >= 0.3 is 5.82 Å². The Labute approximate surface area is 139 Å². The fraction of sp³-hybridized carbons (Fsp3) is 0.0769. The van der Waals surface area contributed by atoms with Crippen LogP contribution < -0.4 is 9.46 Å². The number of pyridine rings is 1. The van der Waals surface area contributed by atoms with Gasteiger partial charge in [0.05, 0.1) is 11.8 Å². The van der Waals surface area contributed by atoms with Crippen molar-refractivity contribution in [1.82, 2.24) is 9.71 Å². The summed E-state index contributed by atoms with van der Waals surface area (Å²) in [5.74, 6) is -4.93. The lowest BCUT2D eigenvalue weighted by molar-refractivity contribution is -0.389. The highest BCUT2D eigenvalue weighted by atomic mass is 32.2. The molecule has 0 atom stereocenters. The zero-order chi connectivity index (χ0) is 18.8. The molecular weight excluding hydrogens is 364 g/mol. The predicted octanol–water partition coefficient (Wildman–Crippen LogP) is 1.75. The number of rotatable bonds is 5. The van der Waals surface area contributed by atoms with Gasteiger partial charge in [-0.2, -0.15) is 0 Å². The van der Waals surface area contributed by atoms with Gasteiger partial charge in [-0.1, -0.05) is 0 Å². The standard InChI is InChI=1S/C13H9F2N3O6S/c1-25(22,23)17-13(19)8-4-10(15)11(5-9(8)14)24-7-2-3-12(16-6-7)18(20)21/h2-6H,1H3,(H,17,19). The second-order valence-corrected chi connectivity index (χ2v) is 6.43. The maximum absolute atomic E-state index is 14.0. The first kappa shape index (κ1) is 18.2. The SMILES string of the molecule is CS(=O)(=O)NC(=O)c1cc(F)c(Oc2ccc([N+](=O)[O-])nc2)cc1F. The molecule has 0 bridgehead atoms. The average Bonchev–Trinajstić information content (AvgIpc) is 2.49. The van der Waals surface area contributed by atoms with Gasteiger partial charge in [0.15, 0.2) is 23.5 Å². The van der Waals surface area contributed by atoms with Gasteiger partial charge in [0, 0.05) is 12.1 Å². The van der Waals surface area contributed by atoms with Crippen molar-refractivity contribution < 1.29 is 31.7 Å². The molecular formula is C13H9F2N3O6S. The number of amides is 1. The number of nitrogens with zero attached hydrogens (tertiary/aromatic N) is 2. The summed E-state index contributed by atoms with van der Waals surface area (Å²) in [6.45, 7) is 0. The molecule has 0 spiro atoms. The number of carbonyl (C=O) groups excluding carboxylic acids is 1. The van der Waals surface area contributed by atoms with Crippen LogP contribution in [0.15, 0.2) is 30.5 Å². The van der Waals surface area contributed by atoms with E-state index < -0.39 is 49.6 Å². The number of sulfonamides is 1. The van der Waals surface area contributed by atoms with Crippen LogP contribution >= 0.6 is 0 Å². The Bertz CT molecular complexity index is 947. The monoisotopic (exact) mass is 373 g/mol. The van der Waals surface area contributed by atoms with Gasteiger partial charge in [-0.3, -0.25) is 4.79 Å². The van der Waals surface area contributed by atoms with Crippen molar-refractivity contribution in [3.8, 4) is 11.5 Å². The highest BCUT2D eigenvalue weighted by Gasteiger charge is 2.20. The molecule has 0 unspecified atom stereocenters. The molecule has 0 aliphatic heterocycles. The minimum absolute atomic E-state index is 0.114. The van der Waals surface area contributed by atoms with Gasteiger partial charge in [0.1, 0.15) is 5.82 Å². The number of nitrogens with one attached hydrogen (secondary N) is 1. The molecule has 12 heteroatoms. The van der Waals surface area contributed by atoms with Crippen molar-refractivity contribution in [3.05, 3.63) is 57.8 Å². The predicted molar refractivity (Wildman–Crippen MR) is 79.6 cm³/mol. The van der Waals surface area contributed by atoms with Gasteiger partial charge in [0.25, 0.3) is 5.91 Å². The summed E-state index contributed by atoms with van der Waals surface area (Å²) in [4.78, 5) is 24.8. The van der Waals surface area contributed by atoms with Gasteiger partial charge in [-0.25, -0.2) is 21.9 Å². The first-order valence-corrected chi connectivity index (χ1v) is 8.25. The number of carbonyl (C=O) groups is 1. The van der Waals surface area contributed by atoms with Crippen molar-refractivity contribution >= 4 is 21.7 Å². The summed E-state index contributed by atoms with van der Waals surface area (Å²) in [6.07, 6.45) is 1.61. The Morgan fingerprint density at radius 1 is 1.28 bits per heavy atom. The van der Waals surface area contributed by atoms with Crippen LogP contribution in [0.1, 0.15) is 10.4 Å². The number of hydrogen-bond acceptors (Lipinski definition) is 7. The van der Waals surface area contributed by atoms with E-state index in [4.69, 9.17) is 4.74 Å². The third-order valence-electron chi connectivity index (χ3n) is 2.68. The fourth-order valence-electron chi connectivity index (χ4n) is 1.67. The van der Waals surface area contributed by atoms with Crippen LogP contribution in [-0.2, 0) is 10.0 Å². The normalized spacial score (nSPS) is 11.0. The average molecular weight is 373 g/mol. The maximum Gasteiger partial charge on any atom is 0.363 e. The summed E-state index contributed by atoms with van der Waals surface area (Å²) >= 11 is 0. The van der Waals surface area contributed by atoms with E-state index in [2.05, 4.69) is 4.98 Å². The first-order valence-electron chi connectivity index (χ1n) is 6.36. The minimum atomic E-state index is -3.95. The van der Waals surface area contributed by atoms with Crippen molar-refractivity contribution in [2.24, 2.45) is 0 Å². The maximum atomic E-state index is 14.0. The molecule has 1 aromatic heterocycles. The van der Waals surface area contributed by atoms with Crippen LogP contribution in [0.3, 0.4) is 0 Å². The third kappa shape index (κ3) is 4.67. The first-order chi connectivity index (χ1) is 11.6. The second-order valence-electron chi connectivity index (χ2n) is 4.68. The van der Waals surface area contributed by atoms with E-state index >= 15 is 0 Å². The number of ether oxygens (including phenoxy) is 1. The molecule has 0 aliphatic rings. The van der Waals surface area contributed by atoms with Crippen molar-refractivity contribution in [2.75, 3.05) is 6.26 Å². The summed E-state index contributed by atoms with van der Waals surface area (Å²) in [6, 6.07) is 3.11.